The van der Waals surface area contributed by atoms with Gasteiger partial charge in [-0.1, -0.05) is 0 Å². The molecule has 27 heavy (non-hydrogen) atoms. The van der Waals surface area contributed by atoms with E-state index in [9.17, 15) is 21.6 Å². The summed E-state index contributed by atoms with van der Waals surface area (Å²) in [5.41, 5.74) is -0.889. The first-order chi connectivity index (χ1) is 12.1. The summed E-state index contributed by atoms with van der Waals surface area (Å²) in [6, 6.07) is 0. The maximum atomic E-state index is 12.5. The SMILES string of the molecule is CN=C(NCc1nc(C(F)(F)F)cs1)NCC1CCN(S(C)(=O)=O)CC1.I. The van der Waals surface area contributed by atoms with Gasteiger partial charge < -0.3 is 10.6 Å². The summed E-state index contributed by atoms with van der Waals surface area (Å²) < 4.78 is 62.1. The van der Waals surface area contributed by atoms with Crippen LogP contribution in [-0.4, -0.2) is 56.6 Å². The van der Waals surface area contributed by atoms with Crippen LogP contribution >= 0.6 is 35.3 Å². The first kappa shape index (κ1) is 24.4. The molecule has 2 rings (SSSR count). The molecular formula is C14H23F3IN5O2S2. The van der Waals surface area contributed by atoms with Gasteiger partial charge in [0.1, 0.15) is 5.01 Å². The second kappa shape index (κ2) is 10.2. The van der Waals surface area contributed by atoms with Crippen LogP contribution in [0.15, 0.2) is 10.4 Å². The Morgan fingerprint density at radius 2 is 2.00 bits per heavy atom. The number of hydrogen-bond acceptors (Lipinski definition) is 5. The van der Waals surface area contributed by atoms with Gasteiger partial charge >= 0.3 is 6.18 Å². The third-order valence-corrected chi connectivity index (χ3v) is 6.23. The number of halogens is 4. The van der Waals surface area contributed by atoms with E-state index in [4.69, 9.17) is 0 Å². The number of hydrogen-bond donors (Lipinski definition) is 2. The van der Waals surface area contributed by atoms with Crippen molar-refractivity contribution in [1.82, 2.24) is 19.9 Å². The zero-order valence-electron chi connectivity index (χ0n) is 14.9. The molecule has 1 aliphatic rings. The van der Waals surface area contributed by atoms with Crippen LogP contribution < -0.4 is 10.6 Å². The minimum Gasteiger partial charge on any atom is -0.356 e. The van der Waals surface area contributed by atoms with Crippen molar-refractivity contribution in [3.63, 3.8) is 0 Å². The lowest BCUT2D eigenvalue weighted by atomic mass is 9.98. The fourth-order valence-corrected chi connectivity index (χ4v) is 4.20. The summed E-state index contributed by atoms with van der Waals surface area (Å²) >= 11 is 0.939. The van der Waals surface area contributed by atoms with Crippen molar-refractivity contribution in [2.24, 2.45) is 10.9 Å². The molecule has 156 valence electrons. The number of guanidine groups is 1. The Kier molecular flexibility index (Phi) is 9.21. The summed E-state index contributed by atoms with van der Waals surface area (Å²) in [4.78, 5) is 7.59. The molecule has 1 aliphatic heterocycles. The second-order valence-electron chi connectivity index (χ2n) is 6.04. The zero-order chi connectivity index (χ0) is 19.4. The number of rotatable bonds is 5. The number of alkyl halides is 3. The van der Waals surface area contributed by atoms with Crippen LogP contribution in [0, 0.1) is 5.92 Å². The van der Waals surface area contributed by atoms with Gasteiger partial charge in [0, 0.05) is 32.1 Å². The average molecular weight is 541 g/mol. The van der Waals surface area contributed by atoms with Gasteiger partial charge in [-0.05, 0) is 18.8 Å². The molecule has 0 aromatic carbocycles. The molecule has 1 aromatic rings. The van der Waals surface area contributed by atoms with Crippen molar-refractivity contribution >= 4 is 51.3 Å². The monoisotopic (exact) mass is 541 g/mol. The number of nitrogens with zero attached hydrogens (tertiary/aromatic N) is 3. The second-order valence-corrected chi connectivity index (χ2v) is 8.96. The highest BCUT2D eigenvalue weighted by atomic mass is 127. The Morgan fingerprint density at radius 1 is 1.37 bits per heavy atom. The third-order valence-electron chi connectivity index (χ3n) is 4.07. The van der Waals surface area contributed by atoms with E-state index in [0.29, 0.717) is 36.5 Å². The molecule has 2 N–H and O–H groups in total. The molecule has 0 spiro atoms. The highest BCUT2D eigenvalue weighted by Gasteiger charge is 2.33. The van der Waals surface area contributed by atoms with E-state index >= 15 is 0 Å². The van der Waals surface area contributed by atoms with Crippen molar-refractivity contribution < 1.29 is 21.6 Å². The zero-order valence-corrected chi connectivity index (χ0v) is 18.9. The van der Waals surface area contributed by atoms with E-state index in [-0.39, 0.29) is 30.5 Å². The topological polar surface area (TPSA) is 86.7 Å². The van der Waals surface area contributed by atoms with Crippen LogP contribution in [0.2, 0.25) is 0 Å². The molecule has 2 heterocycles. The lowest BCUT2D eigenvalue weighted by Gasteiger charge is -2.30. The van der Waals surface area contributed by atoms with Crippen molar-refractivity contribution in [2.45, 2.75) is 25.6 Å². The molecule has 1 fully saturated rings. The molecule has 7 nitrogen and oxygen atoms in total. The Bertz CT molecular complexity index is 731. The smallest absolute Gasteiger partial charge is 0.356 e. The maximum absolute atomic E-state index is 12.5. The van der Waals surface area contributed by atoms with Gasteiger partial charge in [-0.15, -0.1) is 35.3 Å². The number of nitrogens with one attached hydrogen (secondary N) is 2. The van der Waals surface area contributed by atoms with Crippen molar-refractivity contribution in [3.05, 3.63) is 16.1 Å². The molecule has 0 bridgehead atoms. The molecule has 0 atom stereocenters. The summed E-state index contributed by atoms with van der Waals surface area (Å²) in [6.07, 6.45) is -1.73. The molecule has 1 saturated heterocycles. The summed E-state index contributed by atoms with van der Waals surface area (Å²) in [6.45, 7) is 1.75. The van der Waals surface area contributed by atoms with Crippen molar-refractivity contribution in [1.29, 1.82) is 0 Å². The predicted molar refractivity (Wildman–Crippen MR) is 110 cm³/mol. The molecule has 0 saturated carbocycles. The van der Waals surface area contributed by atoms with Crippen LogP contribution in [0.25, 0.3) is 0 Å². The largest absolute Gasteiger partial charge is 0.434 e. The lowest BCUT2D eigenvalue weighted by Crippen LogP contribution is -2.43. The van der Waals surface area contributed by atoms with Crippen LogP contribution in [-0.2, 0) is 22.7 Å². The molecule has 0 amide bonds. The van der Waals surface area contributed by atoms with E-state index in [1.807, 2.05) is 0 Å². The number of sulfonamides is 1. The Hall–Kier alpha value is -0.670. The van der Waals surface area contributed by atoms with Crippen LogP contribution in [0.3, 0.4) is 0 Å². The molecule has 0 unspecified atom stereocenters. The first-order valence-corrected chi connectivity index (χ1v) is 10.7. The molecular weight excluding hydrogens is 518 g/mol. The van der Waals surface area contributed by atoms with E-state index in [1.54, 1.807) is 7.05 Å². The minimum atomic E-state index is -4.44. The standard InChI is InChI=1S/C14H22F3N5O2S2.HI/c1-18-13(20-8-12-21-11(9-25-12)14(15,16)17)19-7-10-3-5-22(6-4-10)26(2,23)24;/h9-10H,3-8H2,1-2H3,(H2,18,19,20);1H. The third kappa shape index (κ3) is 7.69. The lowest BCUT2D eigenvalue weighted by molar-refractivity contribution is -0.140. The Balaban J connectivity index is 0.00000364. The Labute approximate surface area is 177 Å². The van der Waals surface area contributed by atoms with E-state index in [1.165, 1.54) is 10.6 Å². The highest BCUT2D eigenvalue weighted by molar-refractivity contribution is 14.0. The molecule has 13 heteroatoms. The fraction of sp³-hybridized carbons (Fsp3) is 0.714. The van der Waals surface area contributed by atoms with E-state index in [2.05, 4.69) is 20.6 Å². The number of thiazole rings is 1. The highest BCUT2D eigenvalue weighted by Crippen LogP contribution is 2.29. The van der Waals surface area contributed by atoms with E-state index < -0.39 is 21.9 Å². The quantitative estimate of drug-likeness (QED) is 0.339. The maximum Gasteiger partial charge on any atom is 0.434 e. The molecule has 0 aliphatic carbocycles. The van der Waals surface area contributed by atoms with E-state index in [0.717, 1.165) is 29.6 Å². The predicted octanol–water partition coefficient (Wildman–Crippen LogP) is 2.12. The average Bonchev–Trinajstić information content (AvgIpc) is 3.04. The summed E-state index contributed by atoms with van der Waals surface area (Å²) in [5, 5.41) is 7.37. The van der Waals surface area contributed by atoms with Gasteiger partial charge in [0.25, 0.3) is 0 Å². The summed E-state index contributed by atoms with van der Waals surface area (Å²) in [5.74, 6) is 0.780. The van der Waals surface area contributed by atoms with Crippen LogP contribution in [0.4, 0.5) is 13.2 Å². The fourth-order valence-electron chi connectivity index (χ4n) is 2.59. The number of piperidine rings is 1. The summed E-state index contributed by atoms with van der Waals surface area (Å²) in [7, 11) is -1.57. The van der Waals surface area contributed by atoms with Gasteiger partial charge in [0.2, 0.25) is 10.0 Å². The Morgan fingerprint density at radius 3 is 2.48 bits per heavy atom. The van der Waals surface area contributed by atoms with Crippen LogP contribution in [0.5, 0.6) is 0 Å². The molecule has 1 aromatic heterocycles. The van der Waals surface area contributed by atoms with Crippen LogP contribution in [0.1, 0.15) is 23.5 Å². The number of aromatic nitrogens is 1. The number of aliphatic imine (C=N–C) groups is 1. The van der Waals surface area contributed by atoms with Gasteiger partial charge in [0.15, 0.2) is 11.7 Å². The van der Waals surface area contributed by atoms with Crippen molar-refractivity contribution in [3.8, 4) is 0 Å². The normalized spacial score (nSPS) is 17.4. The molecule has 0 radical (unpaired) electrons. The van der Waals surface area contributed by atoms with Gasteiger partial charge in [-0.25, -0.2) is 17.7 Å². The van der Waals surface area contributed by atoms with Gasteiger partial charge in [-0.2, -0.15) is 13.2 Å². The first-order valence-electron chi connectivity index (χ1n) is 8.01. The van der Waals surface area contributed by atoms with Gasteiger partial charge in [0.05, 0.1) is 12.8 Å². The van der Waals surface area contributed by atoms with Gasteiger partial charge in [-0.3, -0.25) is 4.99 Å². The van der Waals surface area contributed by atoms with Crippen molar-refractivity contribution in [2.75, 3.05) is 32.9 Å². The minimum absolute atomic E-state index is 0.